The van der Waals surface area contributed by atoms with E-state index < -0.39 is 5.54 Å². The Balaban J connectivity index is 1.28. The number of amidine groups is 1. The monoisotopic (exact) mass is 577 g/mol. The lowest BCUT2D eigenvalue weighted by atomic mass is 9.77. The number of nitrogens with two attached hydrogens (primary N) is 1. The molecule has 0 saturated carbocycles. The summed E-state index contributed by atoms with van der Waals surface area (Å²) in [5, 5.41) is 13.9. The van der Waals surface area contributed by atoms with Crippen LogP contribution in [0.25, 0.3) is 11.3 Å². The maximum atomic E-state index is 6.04. The van der Waals surface area contributed by atoms with Gasteiger partial charge in [0.2, 0.25) is 0 Å². The van der Waals surface area contributed by atoms with Crippen LogP contribution in [0.5, 0.6) is 0 Å². The number of nitrogens with zero attached hydrogens (tertiary/aromatic N) is 4. The molecule has 1 aromatic heterocycles. The number of hydrogen-bond acceptors (Lipinski definition) is 4. The van der Waals surface area contributed by atoms with E-state index in [2.05, 4.69) is 124 Å². The molecule has 6 aromatic rings. The van der Waals surface area contributed by atoms with Gasteiger partial charge < -0.3 is 5.73 Å². The Morgan fingerprint density at radius 2 is 1.19 bits per heavy atom. The fourth-order valence-electron chi connectivity index (χ4n) is 5.25. The molecule has 1 heterocycles. The number of thioether (sulfide) groups is 1. The molecule has 0 fully saturated rings. The lowest BCUT2D eigenvalue weighted by Crippen LogP contribution is -2.38. The minimum absolute atomic E-state index is 0.431. The van der Waals surface area contributed by atoms with E-state index in [1.54, 1.807) is 6.21 Å². The molecule has 0 aliphatic rings. The topological polar surface area (TPSA) is 68.6 Å². The van der Waals surface area contributed by atoms with E-state index in [4.69, 9.17) is 10.8 Å². The maximum absolute atomic E-state index is 6.04. The average molecular weight is 578 g/mol. The fourth-order valence-corrected chi connectivity index (χ4v) is 5.86. The van der Waals surface area contributed by atoms with Crippen LogP contribution in [0.1, 0.15) is 27.8 Å². The third-order valence-electron chi connectivity index (χ3n) is 7.31. The number of aromatic nitrogens is 2. The predicted molar refractivity (Wildman–Crippen MR) is 179 cm³/mol. The quantitative estimate of drug-likeness (QED) is 0.0820. The molecule has 0 amide bonds. The summed E-state index contributed by atoms with van der Waals surface area (Å²) in [6, 6.07) is 52.1. The van der Waals surface area contributed by atoms with Crippen molar-refractivity contribution in [2.45, 2.75) is 11.3 Å². The second-order valence-electron chi connectivity index (χ2n) is 10.0. The van der Waals surface area contributed by atoms with Gasteiger partial charge in [0.15, 0.2) is 5.17 Å². The van der Waals surface area contributed by atoms with E-state index in [1.807, 2.05) is 48.5 Å². The smallest absolute Gasteiger partial charge is 0.180 e. The third kappa shape index (κ3) is 6.20. The van der Waals surface area contributed by atoms with Gasteiger partial charge in [0, 0.05) is 17.5 Å². The van der Waals surface area contributed by atoms with Crippen molar-refractivity contribution in [1.82, 2.24) is 9.78 Å². The van der Waals surface area contributed by atoms with Gasteiger partial charge in [-0.15, -0.1) is 5.10 Å². The van der Waals surface area contributed by atoms with Gasteiger partial charge in [-0.2, -0.15) is 10.2 Å². The van der Waals surface area contributed by atoms with E-state index in [1.165, 1.54) is 17.3 Å². The van der Waals surface area contributed by atoms with Crippen LogP contribution in [0.2, 0.25) is 0 Å². The summed E-state index contributed by atoms with van der Waals surface area (Å²) in [6.07, 6.45) is 3.78. The standard InChI is InChI=1S/C37H31N5S/c38-36(43-28-30-13-5-1-6-14-30)40-39-27-29-21-23-31(24-22-29)35-25-26-42(41-35)37(32-15-7-2-8-16-32,33-17-9-3-10-18-33)34-19-11-4-12-20-34/h1-27H,28H2,(H2,38,40). The molecule has 0 bridgehead atoms. The second kappa shape index (κ2) is 13.2. The van der Waals surface area contributed by atoms with Crippen molar-refractivity contribution in [2.75, 3.05) is 0 Å². The Bertz CT molecular complexity index is 1700. The Labute approximate surface area is 256 Å². The molecule has 5 aromatic carbocycles. The summed E-state index contributed by atoms with van der Waals surface area (Å²) in [5.41, 5.74) is 12.8. The SMILES string of the molecule is NC(=NN=Cc1ccc(-c2ccn(C(c3ccccc3)(c3ccccc3)c3ccccc3)n2)cc1)SCc1ccccc1. The van der Waals surface area contributed by atoms with Gasteiger partial charge in [0.25, 0.3) is 0 Å². The van der Waals surface area contributed by atoms with Crippen LogP contribution in [-0.2, 0) is 11.3 Å². The van der Waals surface area contributed by atoms with Crippen molar-refractivity contribution < 1.29 is 0 Å². The number of benzene rings is 5. The van der Waals surface area contributed by atoms with Crippen LogP contribution in [-0.4, -0.2) is 21.2 Å². The van der Waals surface area contributed by atoms with E-state index in [0.717, 1.165) is 39.3 Å². The molecule has 0 saturated heterocycles. The van der Waals surface area contributed by atoms with E-state index in [0.29, 0.717) is 5.17 Å². The molecule has 6 rings (SSSR count). The Hall–Kier alpha value is -5.20. The van der Waals surface area contributed by atoms with Crippen molar-refractivity contribution in [2.24, 2.45) is 15.9 Å². The molecule has 0 radical (unpaired) electrons. The largest absolute Gasteiger partial charge is 0.377 e. The molecule has 0 spiro atoms. The maximum Gasteiger partial charge on any atom is 0.180 e. The minimum atomic E-state index is -0.648. The van der Waals surface area contributed by atoms with Gasteiger partial charge >= 0.3 is 0 Å². The molecule has 0 aliphatic heterocycles. The fraction of sp³-hybridized carbons (Fsp3) is 0.0541. The summed E-state index contributed by atoms with van der Waals surface area (Å²) in [4.78, 5) is 0. The molecule has 210 valence electrons. The minimum Gasteiger partial charge on any atom is -0.377 e. The van der Waals surface area contributed by atoms with Crippen LogP contribution >= 0.6 is 11.8 Å². The predicted octanol–water partition coefficient (Wildman–Crippen LogP) is 7.97. The first-order chi connectivity index (χ1) is 21.2. The highest BCUT2D eigenvalue weighted by Crippen LogP contribution is 2.40. The average Bonchev–Trinajstić information content (AvgIpc) is 3.57. The van der Waals surface area contributed by atoms with E-state index >= 15 is 0 Å². The molecular weight excluding hydrogens is 547 g/mol. The zero-order valence-electron chi connectivity index (χ0n) is 23.6. The van der Waals surface area contributed by atoms with Gasteiger partial charge in [-0.1, -0.05) is 157 Å². The molecule has 0 unspecified atom stereocenters. The van der Waals surface area contributed by atoms with Crippen molar-refractivity contribution in [3.8, 4) is 11.3 Å². The third-order valence-corrected chi connectivity index (χ3v) is 8.16. The van der Waals surface area contributed by atoms with Crippen molar-refractivity contribution in [1.29, 1.82) is 0 Å². The second-order valence-corrected chi connectivity index (χ2v) is 11.0. The van der Waals surface area contributed by atoms with Crippen molar-refractivity contribution >= 4 is 23.1 Å². The first kappa shape index (κ1) is 27.9. The molecule has 5 nitrogen and oxygen atoms in total. The zero-order chi connectivity index (χ0) is 29.3. The van der Waals surface area contributed by atoms with E-state index in [9.17, 15) is 0 Å². The van der Waals surface area contributed by atoms with Gasteiger partial charge in [0.05, 0.1) is 11.9 Å². The zero-order valence-corrected chi connectivity index (χ0v) is 24.4. The molecule has 0 aliphatic carbocycles. The van der Waals surface area contributed by atoms with Gasteiger partial charge in [-0.3, -0.25) is 4.68 Å². The first-order valence-corrected chi connectivity index (χ1v) is 15.1. The van der Waals surface area contributed by atoms with E-state index in [-0.39, 0.29) is 0 Å². The van der Waals surface area contributed by atoms with Crippen molar-refractivity contribution in [3.63, 3.8) is 0 Å². The summed E-state index contributed by atoms with van der Waals surface area (Å²) in [5.74, 6) is 0.757. The summed E-state index contributed by atoms with van der Waals surface area (Å²) in [6.45, 7) is 0. The van der Waals surface area contributed by atoms with Crippen LogP contribution < -0.4 is 5.73 Å². The molecule has 6 heteroatoms. The normalized spacial score (nSPS) is 12.0. The Morgan fingerprint density at radius 3 is 1.72 bits per heavy atom. The van der Waals surface area contributed by atoms with Crippen LogP contribution in [0, 0.1) is 0 Å². The van der Waals surface area contributed by atoms with Gasteiger partial charge in [0.1, 0.15) is 5.54 Å². The summed E-state index contributed by atoms with van der Waals surface area (Å²) < 4.78 is 2.09. The first-order valence-electron chi connectivity index (χ1n) is 14.1. The summed E-state index contributed by atoms with van der Waals surface area (Å²) >= 11 is 1.47. The lowest BCUT2D eigenvalue weighted by molar-refractivity contribution is 0.461. The van der Waals surface area contributed by atoms with Gasteiger partial charge in [-0.05, 0) is 33.9 Å². The highest BCUT2D eigenvalue weighted by molar-refractivity contribution is 8.13. The molecule has 43 heavy (non-hydrogen) atoms. The molecular formula is C37H31N5S. The number of rotatable bonds is 9. The summed E-state index contributed by atoms with van der Waals surface area (Å²) in [7, 11) is 0. The number of hydrogen-bond donors (Lipinski definition) is 1. The molecule has 2 N–H and O–H groups in total. The van der Waals surface area contributed by atoms with Crippen molar-refractivity contribution in [3.05, 3.63) is 186 Å². The highest BCUT2D eigenvalue weighted by Gasteiger charge is 2.39. The van der Waals surface area contributed by atoms with Crippen LogP contribution in [0.15, 0.2) is 168 Å². The van der Waals surface area contributed by atoms with Gasteiger partial charge in [-0.25, -0.2) is 0 Å². The van der Waals surface area contributed by atoms with Crippen LogP contribution in [0.4, 0.5) is 0 Å². The Kier molecular flexibility index (Phi) is 8.57. The highest BCUT2D eigenvalue weighted by atomic mass is 32.2. The lowest BCUT2D eigenvalue weighted by Gasteiger charge is -2.36. The Morgan fingerprint density at radius 1 is 0.674 bits per heavy atom. The molecule has 0 atom stereocenters. The van der Waals surface area contributed by atoms with Crippen LogP contribution in [0.3, 0.4) is 0 Å².